The molecule has 2 aromatic rings. The van der Waals surface area contributed by atoms with Gasteiger partial charge in [-0.1, -0.05) is 25.3 Å². The highest BCUT2D eigenvalue weighted by Crippen LogP contribution is 2.24. The summed E-state index contributed by atoms with van der Waals surface area (Å²) in [5.41, 5.74) is 0. The largest absolute Gasteiger partial charge is 0.307 e. The van der Waals surface area contributed by atoms with Crippen LogP contribution in [0.5, 0.6) is 0 Å². The highest BCUT2D eigenvalue weighted by atomic mass is 32.1. The van der Waals surface area contributed by atoms with Crippen LogP contribution in [0.2, 0.25) is 0 Å². The number of aromatic amines is 1. The summed E-state index contributed by atoms with van der Waals surface area (Å²) < 4.78 is 0. The molecule has 18 heavy (non-hydrogen) atoms. The van der Waals surface area contributed by atoms with Crippen LogP contribution in [0.15, 0.2) is 17.5 Å². The molecule has 96 valence electrons. The second kappa shape index (κ2) is 5.63. The predicted molar refractivity (Wildman–Crippen MR) is 73.5 cm³/mol. The number of aromatic nitrogens is 3. The zero-order valence-corrected chi connectivity index (χ0v) is 11.2. The van der Waals surface area contributed by atoms with Gasteiger partial charge in [0.15, 0.2) is 5.82 Å². The van der Waals surface area contributed by atoms with E-state index in [1.165, 1.54) is 25.7 Å². The molecular weight excluding hydrogens is 244 g/mol. The van der Waals surface area contributed by atoms with E-state index in [0.29, 0.717) is 6.04 Å². The van der Waals surface area contributed by atoms with Crippen molar-refractivity contribution in [3.05, 3.63) is 23.3 Å². The molecule has 0 spiro atoms. The maximum absolute atomic E-state index is 4.63. The zero-order chi connectivity index (χ0) is 12.2. The Balaban J connectivity index is 1.75. The van der Waals surface area contributed by atoms with Gasteiger partial charge in [0, 0.05) is 0 Å². The van der Waals surface area contributed by atoms with Gasteiger partial charge >= 0.3 is 0 Å². The van der Waals surface area contributed by atoms with Crippen LogP contribution < -0.4 is 5.32 Å². The Hall–Kier alpha value is -1.20. The van der Waals surface area contributed by atoms with Crippen molar-refractivity contribution in [1.82, 2.24) is 20.5 Å². The van der Waals surface area contributed by atoms with Gasteiger partial charge in [-0.15, -0.1) is 11.3 Å². The minimum atomic E-state index is 0.339. The molecule has 1 fully saturated rings. The van der Waals surface area contributed by atoms with Gasteiger partial charge in [-0.3, -0.25) is 5.10 Å². The third-order valence-corrected chi connectivity index (χ3v) is 4.25. The van der Waals surface area contributed by atoms with Gasteiger partial charge in [0.05, 0.1) is 10.9 Å². The highest BCUT2D eigenvalue weighted by Gasteiger charge is 2.17. The van der Waals surface area contributed by atoms with Crippen LogP contribution >= 0.6 is 11.3 Å². The molecule has 1 saturated heterocycles. The Bertz CT molecular complexity index is 469. The quantitative estimate of drug-likeness (QED) is 0.874. The minimum absolute atomic E-state index is 0.339. The zero-order valence-electron chi connectivity index (χ0n) is 10.4. The van der Waals surface area contributed by atoms with E-state index in [-0.39, 0.29) is 0 Å². The van der Waals surface area contributed by atoms with Crippen LogP contribution in [0.3, 0.4) is 0 Å². The van der Waals surface area contributed by atoms with Crippen molar-refractivity contribution < 1.29 is 0 Å². The SMILES string of the molecule is c1csc(-c2n[nH]c(C3CCCCCCN3)n2)c1. The fourth-order valence-corrected chi connectivity index (χ4v) is 3.04. The molecule has 0 radical (unpaired) electrons. The monoisotopic (exact) mass is 262 g/mol. The molecule has 2 N–H and O–H groups in total. The number of hydrogen-bond acceptors (Lipinski definition) is 4. The second-order valence-corrected chi connectivity index (χ2v) is 5.68. The molecule has 3 rings (SSSR count). The van der Waals surface area contributed by atoms with Crippen molar-refractivity contribution >= 4 is 11.3 Å². The third-order valence-electron chi connectivity index (χ3n) is 3.38. The van der Waals surface area contributed by atoms with Gasteiger partial charge in [-0.25, -0.2) is 4.98 Å². The van der Waals surface area contributed by atoms with Crippen LogP contribution in [-0.4, -0.2) is 21.7 Å². The van der Waals surface area contributed by atoms with Gasteiger partial charge in [0.25, 0.3) is 0 Å². The summed E-state index contributed by atoms with van der Waals surface area (Å²) in [6, 6.07) is 4.43. The molecule has 0 aromatic carbocycles. The van der Waals surface area contributed by atoms with Crippen molar-refractivity contribution in [2.45, 2.75) is 38.1 Å². The van der Waals surface area contributed by atoms with Crippen LogP contribution in [-0.2, 0) is 0 Å². The smallest absolute Gasteiger partial charge is 0.191 e. The van der Waals surface area contributed by atoms with Crippen LogP contribution in [0.1, 0.15) is 44.0 Å². The highest BCUT2D eigenvalue weighted by molar-refractivity contribution is 7.13. The van der Waals surface area contributed by atoms with E-state index in [1.807, 2.05) is 6.07 Å². The van der Waals surface area contributed by atoms with Crippen molar-refractivity contribution in [1.29, 1.82) is 0 Å². The molecule has 4 nitrogen and oxygen atoms in total. The van der Waals surface area contributed by atoms with Crippen molar-refractivity contribution in [2.75, 3.05) is 6.54 Å². The van der Waals surface area contributed by atoms with E-state index in [4.69, 9.17) is 0 Å². The van der Waals surface area contributed by atoms with E-state index in [0.717, 1.165) is 29.5 Å². The first-order valence-electron chi connectivity index (χ1n) is 6.63. The Morgan fingerprint density at radius 3 is 3.06 bits per heavy atom. The second-order valence-electron chi connectivity index (χ2n) is 4.73. The maximum Gasteiger partial charge on any atom is 0.191 e. The fraction of sp³-hybridized carbons (Fsp3) is 0.538. The van der Waals surface area contributed by atoms with Crippen molar-refractivity contribution in [3.8, 4) is 10.7 Å². The lowest BCUT2D eigenvalue weighted by molar-refractivity contribution is 0.414. The Morgan fingerprint density at radius 2 is 2.17 bits per heavy atom. The molecule has 1 aliphatic rings. The Morgan fingerprint density at radius 1 is 1.22 bits per heavy atom. The molecule has 2 aromatic heterocycles. The summed E-state index contributed by atoms with van der Waals surface area (Å²) in [4.78, 5) is 5.76. The van der Waals surface area contributed by atoms with Gasteiger partial charge in [-0.05, 0) is 30.8 Å². The molecule has 1 atom stereocenters. The van der Waals surface area contributed by atoms with E-state index >= 15 is 0 Å². The summed E-state index contributed by atoms with van der Waals surface area (Å²) in [6.07, 6.45) is 6.37. The van der Waals surface area contributed by atoms with Crippen molar-refractivity contribution in [2.24, 2.45) is 0 Å². The molecule has 5 heteroatoms. The molecular formula is C13H18N4S. The third kappa shape index (κ3) is 2.62. The van der Waals surface area contributed by atoms with E-state index in [1.54, 1.807) is 11.3 Å². The standard InChI is InChI=1S/C13H18N4S/c1-2-4-8-14-10(6-3-1)12-15-13(17-16-12)11-7-5-9-18-11/h5,7,9-10,14H,1-4,6,8H2,(H,15,16,17). The number of hydrogen-bond donors (Lipinski definition) is 2. The number of nitrogens with zero attached hydrogens (tertiary/aromatic N) is 2. The van der Waals surface area contributed by atoms with Crippen molar-refractivity contribution in [3.63, 3.8) is 0 Å². The van der Waals surface area contributed by atoms with E-state index in [2.05, 4.69) is 31.9 Å². The fourth-order valence-electron chi connectivity index (χ4n) is 2.38. The number of rotatable bonds is 2. The number of nitrogens with one attached hydrogen (secondary N) is 2. The molecule has 1 aliphatic heterocycles. The molecule has 0 amide bonds. The number of H-pyrrole nitrogens is 1. The van der Waals surface area contributed by atoms with Gasteiger partial charge in [-0.2, -0.15) is 5.10 Å². The lowest BCUT2D eigenvalue weighted by Gasteiger charge is -2.18. The molecule has 0 saturated carbocycles. The maximum atomic E-state index is 4.63. The first kappa shape index (κ1) is 11.9. The minimum Gasteiger partial charge on any atom is -0.307 e. The van der Waals surface area contributed by atoms with E-state index in [9.17, 15) is 0 Å². The normalized spacial score (nSPS) is 21.4. The average Bonchev–Trinajstić information content (AvgIpc) is 2.98. The Kier molecular flexibility index (Phi) is 3.71. The van der Waals surface area contributed by atoms with Gasteiger partial charge in [0.1, 0.15) is 5.82 Å². The number of thiophene rings is 1. The first-order valence-corrected chi connectivity index (χ1v) is 7.51. The molecule has 0 aliphatic carbocycles. The molecule has 3 heterocycles. The summed E-state index contributed by atoms with van der Waals surface area (Å²) in [7, 11) is 0. The van der Waals surface area contributed by atoms with Gasteiger partial charge in [0.2, 0.25) is 0 Å². The lowest BCUT2D eigenvalue weighted by Crippen LogP contribution is -2.25. The average molecular weight is 262 g/mol. The van der Waals surface area contributed by atoms with Crippen LogP contribution in [0.4, 0.5) is 0 Å². The van der Waals surface area contributed by atoms with Gasteiger partial charge < -0.3 is 5.32 Å². The van der Waals surface area contributed by atoms with Crippen LogP contribution in [0.25, 0.3) is 10.7 Å². The summed E-state index contributed by atoms with van der Waals surface area (Å²) >= 11 is 1.68. The lowest BCUT2D eigenvalue weighted by atomic mass is 10.0. The molecule has 0 bridgehead atoms. The summed E-state index contributed by atoms with van der Waals surface area (Å²) in [6.45, 7) is 1.08. The molecule has 1 unspecified atom stereocenters. The van der Waals surface area contributed by atoms with Crippen LogP contribution in [0, 0.1) is 0 Å². The summed E-state index contributed by atoms with van der Waals surface area (Å²) in [5.74, 6) is 1.81. The topological polar surface area (TPSA) is 53.6 Å². The van der Waals surface area contributed by atoms with E-state index < -0.39 is 0 Å². The predicted octanol–water partition coefficient (Wildman–Crippen LogP) is 3.13. The Labute approximate surface area is 111 Å². The first-order chi connectivity index (χ1) is 8.93. The summed E-state index contributed by atoms with van der Waals surface area (Å²) in [5, 5.41) is 13.0.